The van der Waals surface area contributed by atoms with Crippen LogP contribution in [0.2, 0.25) is 0 Å². The van der Waals surface area contributed by atoms with Gasteiger partial charge in [0.05, 0.1) is 6.20 Å². The number of rotatable bonds is 3. The van der Waals surface area contributed by atoms with Crippen molar-refractivity contribution >= 4 is 65.0 Å². The Kier molecular flexibility index (Phi) is 5.51. The second-order valence-electron chi connectivity index (χ2n) is 11.9. The van der Waals surface area contributed by atoms with Gasteiger partial charge in [-0.1, -0.05) is 115 Å². The van der Waals surface area contributed by atoms with Gasteiger partial charge in [-0.05, 0) is 61.3 Å². The molecule has 0 aliphatic rings. The lowest BCUT2D eigenvalue weighted by Gasteiger charge is -2.14. The average molecular weight is 601 g/mol. The number of fused-ring (bicyclic) bond motifs is 9. The standard InChI is InChI=1S/C42H24N4O/c1-2-11-27-21-29(18-17-25(27)9-1)40-44-41(46-42(45-40)35-23-43-24-37-39(35)33-15-7-8-16-36(33)47-37)34-22-28-12-4-6-14-31(28)38-30-13-5-3-10-26(30)19-20-32(34)38/h1-24H. The van der Waals surface area contributed by atoms with Crippen LogP contribution in [0.15, 0.2) is 150 Å². The fourth-order valence-electron chi connectivity index (χ4n) is 6.98. The molecule has 47 heavy (non-hydrogen) atoms. The number of hydrogen-bond donors (Lipinski definition) is 0. The van der Waals surface area contributed by atoms with Gasteiger partial charge in [0, 0.05) is 33.7 Å². The van der Waals surface area contributed by atoms with E-state index in [0.29, 0.717) is 23.1 Å². The molecule has 0 aliphatic heterocycles. The maximum absolute atomic E-state index is 6.21. The van der Waals surface area contributed by atoms with E-state index in [2.05, 4.69) is 120 Å². The van der Waals surface area contributed by atoms with E-state index in [-0.39, 0.29) is 0 Å². The second-order valence-corrected chi connectivity index (χ2v) is 11.9. The third-order valence-corrected chi connectivity index (χ3v) is 9.16. The summed E-state index contributed by atoms with van der Waals surface area (Å²) >= 11 is 0. The number of para-hydroxylation sites is 1. The fourth-order valence-corrected chi connectivity index (χ4v) is 6.98. The highest BCUT2D eigenvalue weighted by Crippen LogP contribution is 2.40. The van der Waals surface area contributed by atoms with Crippen molar-refractivity contribution in [2.45, 2.75) is 0 Å². The molecule has 3 heterocycles. The molecule has 0 radical (unpaired) electrons. The van der Waals surface area contributed by atoms with Gasteiger partial charge < -0.3 is 4.42 Å². The molecule has 10 rings (SSSR count). The molecule has 7 aromatic carbocycles. The summed E-state index contributed by atoms with van der Waals surface area (Å²) in [7, 11) is 0. The Hall–Kier alpha value is -6.46. The fraction of sp³-hybridized carbons (Fsp3) is 0. The van der Waals surface area contributed by atoms with Crippen molar-refractivity contribution < 1.29 is 4.42 Å². The summed E-state index contributed by atoms with van der Waals surface area (Å²) in [6.07, 6.45) is 3.59. The molecule has 0 saturated heterocycles. The van der Waals surface area contributed by atoms with E-state index in [1.807, 2.05) is 24.4 Å². The summed E-state index contributed by atoms with van der Waals surface area (Å²) in [5, 5.41) is 11.2. The van der Waals surface area contributed by atoms with Crippen LogP contribution in [-0.2, 0) is 0 Å². The van der Waals surface area contributed by atoms with Gasteiger partial charge in [0.2, 0.25) is 0 Å². The summed E-state index contributed by atoms with van der Waals surface area (Å²) in [6.45, 7) is 0. The number of aromatic nitrogens is 4. The van der Waals surface area contributed by atoms with Gasteiger partial charge in [0.15, 0.2) is 23.1 Å². The predicted octanol–water partition coefficient (Wildman–Crippen LogP) is 10.8. The molecular formula is C42H24N4O. The van der Waals surface area contributed by atoms with Crippen molar-refractivity contribution in [1.29, 1.82) is 0 Å². The van der Waals surface area contributed by atoms with Crippen LogP contribution in [0.3, 0.4) is 0 Å². The Morgan fingerprint density at radius 2 is 1.02 bits per heavy atom. The topological polar surface area (TPSA) is 64.7 Å². The maximum Gasteiger partial charge on any atom is 0.166 e. The summed E-state index contributed by atoms with van der Waals surface area (Å²) in [5.74, 6) is 1.75. The molecule has 3 aromatic heterocycles. The van der Waals surface area contributed by atoms with Gasteiger partial charge in [0.1, 0.15) is 5.58 Å². The zero-order valence-electron chi connectivity index (χ0n) is 25.1. The lowest BCUT2D eigenvalue weighted by atomic mass is 9.92. The van der Waals surface area contributed by atoms with Crippen molar-refractivity contribution in [3.05, 3.63) is 146 Å². The molecule has 0 bridgehead atoms. The zero-order valence-corrected chi connectivity index (χ0v) is 25.1. The summed E-state index contributed by atoms with van der Waals surface area (Å²) in [4.78, 5) is 20.1. The lowest BCUT2D eigenvalue weighted by Crippen LogP contribution is -2.01. The highest BCUT2D eigenvalue weighted by Gasteiger charge is 2.20. The van der Waals surface area contributed by atoms with E-state index < -0.39 is 0 Å². The molecule has 0 fully saturated rings. The quantitative estimate of drug-likeness (QED) is 0.189. The van der Waals surface area contributed by atoms with E-state index in [1.54, 1.807) is 6.20 Å². The van der Waals surface area contributed by atoms with Gasteiger partial charge >= 0.3 is 0 Å². The second kappa shape index (κ2) is 10.0. The largest absolute Gasteiger partial charge is 0.454 e. The predicted molar refractivity (Wildman–Crippen MR) is 191 cm³/mol. The van der Waals surface area contributed by atoms with Crippen molar-refractivity contribution in [2.75, 3.05) is 0 Å². The Morgan fingerprint density at radius 3 is 1.87 bits per heavy atom. The normalized spacial score (nSPS) is 11.8. The maximum atomic E-state index is 6.21. The highest BCUT2D eigenvalue weighted by atomic mass is 16.3. The van der Waals surface area contributed by atoms with Crippen LogP contribution < -0.4 is 0 Å². The number of hydrogen-bond acceptors (Lipinski definition) is 5. The minimum absolute atomic E-state index is 0.546. The van der Waals surface area contributed by atoms with Gasteiger partial charge in [-0.3, -0.25) is 4.98 Å². The molecule has 0 atom stereocenters. The highest BCUT2D eigenvalue weighted by molar-refractivity contribution is 6.23. The van der Waals surface area contributed by atoms with Crippen LogP contribution in [-0.4, -0.2) is 19.9 Å². The molecule has 5 nitrogen and oxygen atoms in total. The van der Waals surface area contributed by atoms with Crippen LogP contribution >= 0.6 is 0 Å². The minimum Gasteiger partial charge on any atom is -0.454 e. The van der Waals surface area contributed by atoms with Crippen LogP contribution in [0.5, 0.6) is 0 Å². The third kappa shape index (κ3) is 4.03. The number of nitrogens with zero attached hydrogens (tertiary/aromatic N) is 4. The van der Waals surface area contributed by atoms with Gasteiger partial charge in [-0.25, -0.2) is 15.0 Å². The Labute approximate surface area is 268 Å². The molecule has 0 spiro atoms. The van der Waals surface area contributed by atoms with E-state index in [0.717, 1.165) is 54.6 Å². The van der Waals surface area contributed by atoms with Gasteiger partial charge in [-0.15, -0.1) is 0 Å². The van der Waals surface area contributed by atoms with E-state index in [4.69, 9.17) is 19.4 Å². The van der Waals surface area contributed by atoms with Crippen LogP contribution in [0.25, 0.3) is 99.2 Å². The molecule has 0 unspecified atom stereocenters. The van der Waals surface area contributed by atoms with E-state index in [1.165, 1.54) is 21.5 Å². The average Bonchev–Trinajstić information content (AvgIpc) is 3.53. The van der Waals surface area contributed by atoms with E-state index >= 15 is 0 Å². The monoisotopic (exact) mass is 600 g/mol. The molecule has 0 saturated carbocycles. The molecular weight excluding hydrogens is 576 g/mol. The van der Waals surface area contributed by atoms with Crippen molar-refractivity contribution in [2.24, 2.45) is 0 Å². The lowest BCUT2D eigenvalue weighted by molar-refractivity contribution is 0.667. The molecule has 218 valence electrons. The van der Waals surface area contributed by atoms with Crippen molar-refractivity contribution in [1.82, 2.24) is 19.9 Å². The van der Waals surface area contributed by atoms with Gasteiger partial charge in [-0.2, -0.15) is 0 Å². The van der Waals surface area contributed by atoms with Crippen molar-refractivity contribution in [3.63, 3.8) is 0 Å². The first-order chi connectivity index (χ1) is 23.3. The zero-order chi connectivity index (χ0) is 30.9. The minimum atomic E-state index is 0.546. The van der Waals surface area contributed by atoms with Gasteiger partial charge in [0.25, 0.3) is 0 Å². The van der Waals surface area contributed by atoms with Crippen LogP contribution in [0.1, 0.15) is 0 Å². The molecule has 10 aromatic rings. The van der Waals surface area contributed by atoms with E-state index in [9.17, 15) is 0 Å². The first kappa shape index (κ1) is 25.8. The molecule has 0 aliphatic carbocycles. The first-order valence-corrected chi connectivity index (χ1v) is 15.6. The first-order valence-electron chi connectivity index (χ1n) is 15.6. The third-order valence-electron chi connectivity index (χ3n) is 9.16. The molecule has 0 amide bonds. The number of pyridine rings is 1. The Morgan fingerprint density at radius 1 is 0.383 bits per heavy atom. The number of benzene rings is 7. The SMILES string of the molecule is c1ccc2cc(-c3nc(-c4cc5ccccc5c5c4ccc4ccccc45)nc(-c4cncc5oc6ccccc6c45)n3)ccc2c1. The molecule has 0 N–H and O–H groups in total. The summed E-state index contributed by atoms with van der Waals surface area (Å²) < 4.78 is 6.21. The van der Waals surface area contributed by atoms with Crippen molar-refractivity contribution in [3.8, 4) is 34.2 Å². The van der Waals surface area contributed by atoms with Crippen LogP contribution in [0, 0.1) is 0 Å². The summed E-state index contributed by atoms with van der Waals surface area (Å²) in [5.41, 5.74) is 4.16. The smallest absolute Gasteiger partial charge is 0.166 e. The number of furan rings is 1. The van der Waals surface area contributed by atoms with Crippen LogP contribution in [0.4, 0.5) is 0 Å². The Bertz CT molecular complexity index is 2860. The Balaban J connectivity index is 1.31. The summed E-state index contributed by atoms with van der Waals surface area (Å²) in [6, 6.07) is 46.4. The molecule has 5 heteroatoms.